The minimum absolute atomic E-state index is 0.271. The van der Waals surface area contributed by atoms with Gasteiger partial charge >= 0.3 is 5.97 Å². The van der Waals surface area contributed by atoms with Crippen LogP contribution in [-0.2, 0) is 11.3 Å². The van der Waals surface area contributed by atoms with Crippen LogP contribution in [0.3, 0.4) is 0 Å². The van der Waals surface area contributed by atoms with E-state index in [0.717, 1.165) is 54.4 Å². The molecule has 0 spiro atoms. The van der Waals surface area contributed by atoms with Crippen molar-refractivity contribution in [2.45, 2.75) is 38.0 Å². The van der Waals surface area contributed by atoms with Crippen molar-refractivity contribution in [2.24, 2.45) is 0 Å². The molecular formula is C22H24N2O4S. The van der Waals surface area contributed by atoms with Gasteiger partial charge in [-0.1, -0.05) is 50.1 Å². The smallest absolute Gasteiger partial charge is 0.335 e. The molecule has 29 heavy (non-hydrogen) atoms. The molecule has 152 valence electrons. The highest BCUT2D eigenvalue weighted by Gasteiger charge is 2.32. The normalized spacial score (nSPS) is 16.0. The summed E-state index contributed by atoms with van der Waals surface area (Å²) < 4.78 is 0. The van der Waals surface area contributed by atoms with Gasteiger partial charge in [-0.15, -0.1) is 0 Å². The Balaban J connectivity index is 1.77. The third-order valence-electron chi connectivity index (χ3n) is 4.83. The van der Waals surface area contributed by atoms with Gasteiger partial charge in [0.25, 0.3) is 5.24 Å². The van der Waals surface area contributed by atoms with Crippen LogP contribution in [0.1, 0.15) is 52.9 Å². The predicted octanol–water partition coefficient (Wildman–Crippen LogP) is 4.61. The maximum absolute atomic E-state index is 11.9. The first-order chi connectivity index (χ1) is 14.0. The lowest BCUT2D eigenvalue weighted by molar-refractivity contribution is -0.119. The average molecular weight is 413 g/mol. The quantitative estimate of drug-likeness (QED) is 0.585. The first kappa shape index (κ1) is 20.9. The van der Waals surface area contributed by atoms with Crippen LogP contribution in [0.25, 0.3) is 0 Å². The zero-order valence-electron chi connectivity index (χ0n) is 16.3. The van der Waals surface area contributed by atoms with Crippen molar-refractivity contribution < 1.29 is 19.5 Å². The van der Waals surface area contributed by atoms with E-state index < -0.39 is 11.2 Å². The van der Waals surface area contributed by atoms with Gasteiger partial charge in [0.1, 0.15) is 5.25 Å². The number of unbranched alkanes of at least 4 members (excludes halogenated alkanes) is 2. The van der Waals surface area contributed by atoms with Crippen molar-refractivity contribution in [1.29, 1.82) is 0 Å². The molecule has 0 radical (unpaired) electrons. The van der Waals surface area contributed by atoms with Crippen molar-refractivity contribution in [3.8, 4) is 0 Å². The summed E-state index contributed by atoms with van der Waals surface area (Å²) in [6.45, 7) is 3.61. The second-order valence-corrected chi connectivity index (χ2v) is 8.08. The second kappa shape index (κ2) is 9.60. The number of nitrogens with one attached hydrogen (secondary N) is 1. The first-order valence-electron chi connectivity index (χ1n) is 9.66. The molecule has 1 heterocycles. The van der Waals surface area contributed by atoms with E-state index in [1.54, 1.807) is 18.2 Å². The topological polar surface area (TPSA) is 86.7 Å². The van der Waals surface area contributed by atoms with E-state index in [1.165, 1.54) is 0 Å². The van der Waals surface area contributed by atoms with Gasteiger partial charge in [0, 0.05) is 18.8 Å². The Morgan fingerprint density at radius 1 is 1.14 bits per heavy atom. The van der Waals surface area contributed by atoms with Crippen molar-refractivity contribution >= 4 is 34.6 Å². The SMILES string of the molecule is CCCCCN(Cc1ccc(C2SC(=O)NC2=O)cc1)c1cccc(C(=O)O)c1. The summed E-state index contributed by atoms with van der Waals surface area (Å²) in [6, 6.07) is 14.7. The van der Waals surface area contributed by atoms with Gasteiger partial charge in [0.05, 0.1) is 5.56 Å². The molecule has 1 aliphatic rings. The number of carbonyl (C=O) groups is 3. The molecule has 3 rings (SSSR count). The van der Waals surface area contributed by atoms with Crippen LogP contribution in [0.5, 0.6) is 0 Å². The van der Waals surface area contributed by atoms with Gasteiger partial charge in [0.15, 0.2) is 0 Å². The number of benzene rings is 2. The highest BCUT2D eigenvalue weighted by Crippen LogP contribution is 2.34. The maximum Gasteiger partial charge on any atom is 0.335 e. The molecular weight excluding hydrogens is 388 g/mol. The Hall–Kier alpha value is -2.80. The minimum Gasteiger partial charge on any atom is -0.478 e. The lowest BCUT2D eigenvalue weighted by Crippen LogP contribution is -2.24. The number of amides is 2. The summed E-state index contributed by atoms with van der Waals surface area (Å²) in [4.78, 5) is 36.8. The van der Waals surface area contributed by atoms with Crippen LogP contribution in [0.4, 0.5) is 10.5 Å². The summed E-state index contributed by atoms with van der Waals surface area (Å²) in [7, 11) is 0. The zero-order chi connectivity index (χ0) is 20.8. The van der Waals surface area contributed by atoms with E-state index in [0.29, 0.717) is 6.54 Å². The third-order valence-corrected chi connectivity index (χ3v) is 5.87. The van der Waals surface area contributed by atoms with Crippen LogP contribution < -0.4 is 10.2 Å². The van der Waals surface area contributed by atoms with Crippen molar-refractivity contribution in [1.82, 2.24) is 5.32 Å². The molecule has 2 N–H and O–H groups in total. The minimum atomic E-state index is -0.938. The Bertz CT molecular complexity index is 898. The van der Waals surface area contributed by atoms with Crippen LogP contribution in [0.2, 0.25) is 0 Å². The molecule has 0 aliphatic carbocycles. The van der Waals surface area contributed by atoms with Gasteiger partial charge in [-0.05, 0) is 47.5 Å². The summed E-state index contributed by atoms with van der Waals surface area (Å²) >= 11 is 0.996. The molecule has 0 aromatic heterocycles. The number of carboxylic acids is 1. The number of carboxylic acid groups (broad SMARTS) is 1. The number of carbonyl (C=O) groups excluding carboxylic acids is 2. The van der Waals surface area contributed by atoms with Gasteiger partial charge in [-0.25, -0.2) is 4.79 Å². The molecule has 0 saturated carbocycles. The molecule has 1 fully saturated rings. The Morgan fingerprint density at radius 2 is 1.90 bits per heavy atom. The fourth-order valence-electron chi connectivity index (χ4n) is 3.28. The predicted molar refractivity (Wildman–Crippen MR) is 114 cm³/mol. The number of anilines is 1. The number of nitrogens with zero attached hydrogens (tertiary/aromatic N) is 1. The Kier molecular flexibility index (Phi) is 6.93. The number of hydrogen-bond acceptors (Lipinski definition) is 5. The molecule has 2 aromatic rings. The highest BCUT2D eigenvalue weighted by atomic mass is 32.2. The number of thioether (sulfide) groups is 1. The second-order valence-electron chi connectivity index (χ2n) is 7.00. The van der Waals surface area contributed by atoms with Crippen LogP contribution in [0, 0.1) is 0 Å². The largest absolute Gasteiger partial charge is 0.478 e. The lowest BCUT2D eigenvalue weighted by Gasteiger charge is -2.25. The molecule has 7 heteroatoms. The monoisotopic (exact) mass is 412 g/mol. The third kappa shape index (κ3) is 5.38. The summed E-state index contributed by atoms with van der Waals surface area (Å²) in [6.07, 6.45) is 3.24. The summed E-state index contributed by atoms with van der Waals surface area (Å²) in [5, 5.41) is 10.8. The number of aromatic carboxylic acids is 1. The van der Waals surface area contributed by atoms with Crippen LogP contribution >= 0.6 is 11.8 Å². The molecule has 1 atom stereocenters. The summed E-state index contributed by atoms with van der Waals surface area (Å²) in [5.41, 5.74) is 3.00. The Morgan fingerprint density at radius 3 is 2.52 bits per heavy atom. The van der Waals surface area contributed by atoms with E-state index in [-0.39, 0.29) is 16.7 Å². The number of imide groups is 1. The molecule has 0 bridgehead atoms. The van der Waals surface area contributed by atoms with E-state index in [1.807, 2.05) is 30.3 Å². The molecule has 1 aliphatic heterocycles. The van der Waals surface area contributed by atoms with Crippen molar-refractivity contribution in [3.63, 3.8) is 0 Å². The average Bonchev–Trinajstić information content (AvgIpc) is 3.06. The van der Waals surface area contributed by atoms with Crippen molar-refractivity contribution in [3.05, 3.63) is 65.2 Å². The number of rotatable bonds is 9. The van der Waals surface area contributed by atoms with E-state index >= 15 is 0 Å². The van der Waals surface area contributed by atoms with E-state index in [2.05, 4.69) is 17.1 Å². The highest BCUT2D eigenvalue weighted by molar-refractivity contribution is 8.15. The van der Waals surface area contributed by atoms with Crippen LogP contribution in [0.15, 0.2) is 48.5 Å². The fraction of sp³-hybridized carbons (Fsp3) is 0.318. The van der Waals surface area contributed by atoms with Gasteiger partial charge in [-0.3, -0.25) is 14.9 Å². The first-order valence-corrected chi connectivity index (χ1v) is 10.5. The van der Waals surface area contributed by atoms with Gasteiger partial charge < -0.3 is 10.0 Å². The van der Waals surface area contributed by atoms with E-state index in [9.17, 15) is 19.5 Å². The zero-order valence-corrected chi connectivity index (χ0v) is 17.1. The standard InChI is InChI=1S/C22H24N2O4S/c1-2-3-4-12-24(18-7-5-6-17(13-18)21(26)27)14-15-8-10-16(11-9-15)19-20(25)23-22(28)29-19/h5-11,13,19H,2-4,12,14H2,1H3,(H,26,27)(H,23,25,28). The van der Waals surface area contributed by atoms with E-state index in [4.69, 9.17) is 0 Å². The molecule has 1 saturated heterocycles. The molecule has 6 nitrogen and oxygen atoms in total. The molecule has 2 amide bonds. The van der Waals surface area contributed by atoms with Crippen LogP contribution in [-0.4, -0.2) is 28.8 Å². The number of hydrogen-bond donors (Lipinski definition) is 2. The fourth-order valence-corrected chi connectivity index (χ4v) is 4.11. The molecule has 1 unspecified atom stereocenters. The van der Waals surface area contributed by atoms with Gasteiger partial charge in [0.2, 0.25) is 5.91 Å². The Labute approximate surface area is 174 Å². The molecule has 2 aromatic carbocycles. The van der Waals surface area contributed by atoms with Gasteiger partial charge in [-0.2, -0.15) is 0 Å². The maximum atomic E-state index is 11.9. The lowest BCUT2D eigenvalue weighted by atomic mass is 10.1. The summed E-state index contributed by atoms with van der Waals surface area (Å²) in [5.74, 6) is -1.22. The van der Waals surface area contributed by atoms with Crippen molar-refractivity contribution in [2.75, 3.05) is 11.4 Å².